The lowest BCUT2D eigenvalue weighted by Gasteiger charge is -2.08. The minimum atomic E-state index is -0.538. The molecule has 1 aromatic rings. The molecule has 0 fully saturated rings. The monoisotopic (exact) mass is 300 g/mol. The molecule has 0 spiro atoms. The van der Waals surface area contributed by atoms with Crippen LogP contribution in [-0.2, 0) is 20.8 Å². The summed E-state index contributed by atoms with van der Waals surface area (Å²) in [5, 5.41) is 11.4. The van der Waals surface area contributed by atoms with E-state index in [0.29, 0.717) is 38.4 Å². The number of oxime groups is 1. The average molecular weight is 300 g/mol. The van der Waals surface area contributed by atoms with Crippen molar-refractivity contribution in [2.45, 2.75) is 13.0 Å². The minimum Gasteiger partial charge on any atom is -0.409 e. The largest absolute Gasteiger partial charge is 0.409 e. The van der Waals surface area contributed by atoms with E-state index >= 15 is 0 Å². The maximum Gasteiger partial charge on any atom is 0.173 e. The maximum atomic E-state index is 14.0. The third-order valence-corrected chi connectivity index (χ3v) is 2.73. The van der Waals surface area contributed by atoms with Crippen LogP contribution in [0, 0.1) is 5.82 Å². The zero-order valence-electron chi connectivity index (χ0n) is 12.0. The Morgan fingerprint density at radius 1 is 1.24 bits per heavy atom. The van der Waals surface area contributed by atoms with Crippen LogP contribution in [0.25, 0.3) is 0 Å². The molecule has 0 unspecified atom stereocenters. The van der Waals surface area contributed by atoms with Crippen LogP contribution in [0.15, 0.2) is 23.4 Å². The number of nitrogens with two attached hydrogens (primary N) is 1. The molecule has 0 amide bonds. The molecular formula is C14H21FN2O4. The van der Waals surface area contributed by atoms with E-state index < -0.39 is 5.82 Å². The molecule has 0 aliphatic rings. The molecule has 0 heterocycles. The molecule has 0 aliphatic heterocycles. The lowest BCUT2D eigenvalue weighted by molar-refractivity contribution is 0.0479. The predicted molar refractivity (Wildman–Crippen MR) is 75.9 cm³/mol. The second-order valence-electron chi connectivity index (χ2n) is 4.28. The van der Waals surface area contributed by atoms with Gasteiger partial charge in [-0.3, -0.25) is 0 Å². The van der Waals surface area contributed by atoms with Gasteiger partial charge in [0.05, 0.1) is 25.4 Å². The third kappa shape index (κ3) is 6.07. The summed E-state index contributed by atoms with van der Waals surface area (Å²) in [6.45, 7) is 2.26. The van der Waals surface area contributed by atoms with Crippen molar-refractivity contribution >= 4 is 5.84 Å². The van der Waals surface area contributed by atoms with Crippen molar-refractivity contribution in [1.29, 1.82) is 0 Å². The zero-order chi connectivity index (χ0) is 15.5. The molecule has 6 nitrogen and oxygen atoms in total. The average Bonchev–Trinajstić information content (AvgIpc) is 2.50. The lowest BCUT2D eigenvalue weighted by atomic mass is 10.1. The number of rotatable bonds is 10. The van der Waals surface area contributed by atoms with E-state index in [4.69, 9.17) is 25.2 Å². The summed E-state index contributed by atoms with van der Waals surface area (Å²) >= 11 is 0. The number of hydrogen-bond acceptors (Lipinski definition) is 5. The Labute approximate surface area is 123 Å². The second kappa shape index (κ2) is 10.1. The highest BCUT2D eigenvalue weighted by molar-refractivity contribution is 5.97. The zero-order valence-corrected chi connectivity index (χ0v) is 12.0. The molecule has 1 rings (SSSR count). The van der Waals surface area contributed by atoms with Gasteiger partial charge in [0.15, 0.2) is 5.84 Å². The van der Waals surface area contributed by atoms with Gasteiger partial charge in [-0.25, -0.2) is 4.39 Å². The number of nitrogens with zero attached hydrogens (tertiary/aromatic N) is 1. The van der Waals surface area contributed by atoms with Crippen LogP contribution < -0.4 is 5.73 Å². The van der Waals surface area contributed by atoms with E-state index in [1.54, 1.807) is 19.2 Å². The summed E-state index contributed by atoms with van der Waals surface area (Å²) in [4.78, 5) is 0. The van der Waals surface area contributed by atoms with Crippen molar-refractivity contribution in [3.05, 3.63) is 35.1 Å². The molecule has 118 valence electrons. The van der Waals surface area contributed by atoms with E-state index in [0.717, 1.165) is 0 Å². The molecule has 0 aromatic heterocycles. The van der Waals surface area contributed by atoms with Crippen LogP contribution in [0.3, 0.4) is 0 Å². The summed E-state index contributed by atoms with van der Waals surface area (Å²) in [7, 11) is 1.61. The fourth-order valence-electron chi connectivity index (χ4n) is 1.63. The molecule has 0 saturated heterocycles. The van der Waals surface area contributed by atoms with Crippen molar-refractivity contribution in [3.63, 3.8) is 0 Å². The van der Waals surface area contributed by atoms with Gasteiger partial charge in [-0.2, -0.15) is 0 Å². The highest BCUT2D eigenvalue weighted by atomic mass is 19.1. The van der Waals surface area contributed by atoms with Crippen molar-refractivity contribution in [2.24, 2.45) is 10.9 Å². The van der Waals surface area contributed by atoms with Crippen LogP contribution in [0.1, 0.15) is 17.5 Å². The van der Waals surface area contributed by atoms with Crippen molar-refractivity contribution < 1.29 is 23.8 Å². The Balaban J connectivity index is 2.33. The van der Waals surface area contributed by atoms with Crippen LogP contribution in [0.5, 0.6) is 0 Å². The topological polar surface area (TPSA) is 86.3 Å². The Bertz CT molecular complexity index is 455. The van der Waals surface area contributed by atoms with Gasteiger partial charge in [0.2, 0.25) is 0 Å². The standard InChI is InChI=1S/C14H21FN2O4/c1-19-8-9-20-6-3-7-21-10-11-4-2-5-12(13(11)15)14(16)17-18/h2,4-5,18H,3,6-10H2,1H3,(H2,16,17). The molecule has 0 bridgehead atoms. The fourth-order valence-corrected chi connectivity index (χ4v) is 1.63. The molecule has 3 N–H and O–H groups in total. The molecule has 0 radical (unpaired) electrons. The highest BCUT2D eigenvalue weighted by Crippen LogP contribution is 2.14. The van der Waals surface area contributed by atoms with Crippen molar-refractivity contribution in [2.75, 3.05) is 33.5 Å². The first kappa shape index (κ1) is 17.4. The summed E-state index contributed by atoms with van der Waals surface area (Å²) in [5.74, 6) is -0.801. The lowest BCUT2D eigenvalue weighted by Crippen LogP contribution is -2.16. The number of methoxy groups -OCH3 is 1. The molecule has 1 aromatic carbocycles. The highest BCUT2D eigenvalue weighted by Gasteiger charge is 2.11. The summed E-state index contributed by atoms with van der Waals surface area (Å²) in [6, 6.07) is 4.67. The minimum absolute atomic E-state index is 0.0569. The van der Waals surface area contributed by atoms with Gasteiger partial charge in [0, 0.05) is 25.9 Å². The number of benzene rings is 1. The van der Waals surface area contributed by atoms with Gasteiger partial charge >= 0.3 is 0 Å². The smallest absolute Gasteiger partial charge is 0.173 e. The van der Waals surface area contributed by atoms with E-state index in [1.165, 1.54) is 6.07 Å². The van der Waals surface area contributed by atoms with Gasteiger partial charge in [0.25, 0.3) is 0 Å². The molecule has 7 heteroatoms. The summed E-state index contributed by atoms with van der Waals surface area (Å²) in [6.07, 6.45) is 0.714. The van der Waals surface area contributed by atoms with Crippen LogP contribution in [0.2, 0.25) is 0 Å². The van der Waals surface area contributed by atoms with Gasteiger partial charge in [0.1, 0.15) is 5.82 Å². The Kier molecular flexibility index (Phi) is 8.34. The molecule has 0 atom stereocenters. The van der Waals surface area contributed by atoms with E-state index in [2.05, 4.69) is 5.16 Å². The normalized spacial score (nSPS) is 11.8. The number of hydrogen-bond donors (Lipinski definition) is 2. The SMILES string of the molecule is COCCOCCCOCc1cccc(/C(N)=N/O)c1F. The number of amidine groups is 1. The van der Waals surface area contributed by atoms with Crippen molar-refractivity contribution in [1.82, 2.24) is 0 Å². The molecule has 21 heavy (non-hydrogen) atoms. The van der Waals surface area contributed by atoms with E-state index in [1.807, 2.05) is 0 Å². The quantitative estimate of drug-likeness (QED) is 0.225. The second-order valence-corrected chi connectivity index (χ2v) is 4.28. The molecule has 0 saturated carbocycles. The van der Waals surface area contributed by atoms with Gasteiger partial charge < -0.3 is 25.2 Å². The Morgan fingerprint density at radius 3 is 2.71 bits per heavy atom. The first-order valence-electron chi connectivity index (χ1n) is 6.60. The number of ether oxygens (including phenoxy) is 3. The van der Waals surface area contributed by atoms with Crippen LogP contribution >= 0.6 is 0 Å². The van der Waals surface area contributed by atoms with E-state index in [-0.39, 0.29) is 18.0 Å². The predicted octanol–water partition coefficient (Wildman–Crippen LogP) is 1.49. The Morgan fingerprint density at radius 2 is 2.00 bits per heavy atom. The molecule has 0 aliphatic carbocycles. The Hall–Kier alpha value is -1.70. The van der Waals surface area contributed by atoms with Crippen molar-refractivity contribution in [3.8, 4) is 0 Å². The first-order chi connectivity index (χ1) is 10.2. The summed E-state index contributed by atoms with van der Waals surface area (Å²) < 4.78 is 29.5. The summed E-state index contributed by atoms with van der Waals surface area (Å²) in [5.41, 5.74) is 5.81. The fraction of sp³-hybridized carbons (Fsp3) is 0.500. The first-order valence-corrected chi connectivity index (χ1v) is 6.60. The molecular weight excluding hydrogens is 279 g/mol. The van der Waals surface area contributed by atoms with Gasteiger partial charge in [-0.15, -0.1) is 0 Å². The van der Waals surface area contributed by atoms with Crippen LogP contribution in [-0.4, -0.2) is 44.6 Å². The van der Waals surface area contributed by atoms with E-state index in [9.17, 15) is 4.39 Å². The van der Waals surface area contributed by atoms with Gasteiger partial charge in [-0.05, 0) is 12.5 Å². The van der Waals surface area contributed by atoms with Gasteiger partial charge in [-0.1, -0.05) is 17.3 Å². The number of halogens is 1. The third-order valence-electron chi connectivity index (χ3n) is 2.73. The maximum absolute atomic E-state index is 14.0. The van der Waals surface area contributed by atoms with Crippen LogP contribution in [0.4, 0.5) is 4.39 Å².